The zero-order valence-corrected chi connectivity index (χ0v) is 13.0. The zero-order chi connectivity index (χ0) is 13.9. The number of thiazole rings is 1. The molecule has 1 amide bonds. The van der Waals surface area contributed by atoms with E-state index in [1.807, 2.05) is 5.38 Å². The molecule has 0 bridgehead atoms. The number of hydrogen-bond acceptors (Lipinski definition) is 3. The molecule has 0 unspecified atom stereocenters. The Balaban J connectivity index is 1.80. The Morgan fingerprint density at radius 1 is 1.42 bits per heavy atom. The molecule has 2 rings (SSSR count). The Labute approximate surface area is 119 Å². The van der Waals surface area contributed by atoms with E-state index < -0.39 is 0 Å². The molecule has 0 aromatic carbocycles. The maximum atomic E-state index is 11.9. The van der Waals surface area contributed by atoms with E-state index in [4.69, 9.17) is 0 Å². The summed E-state index contributed by atoms with van der Waals surface area (Å²) in [6, 6.07) is 0. The molecule has 19 heavy (non-hydrogen) atoms. The summed E-state index contributed by atoms with van der Waals surface area (Å²) >= 11 is 1.52. The molecule has 0 saturated heterocycles. The average molecular weight is 280 g/mol. The highest BCUT2D eigenvalue weighted by atomic mass is 32.1. The highest BCUT2D eigenvalue weighted by Gasteiger charge is 2.19. The number of amides is 1. The third-order valence-electron chi connectivity index (χ3n) is 3.77. The van der Waals surface area contributed by atoms with Crippen molar-refractivity contribution >= 4 is 22.4 Å². The highest BCUT2D eigenvalue weighted by molar-refractivity contribution is 7.13. The van der Waals surface area contributed by atoms with E-state index in [1.54, 1.807) is 0 Å². The van der Waals surface area contributed by atoms with Crippen LogP contribution in [0.2, 0.25) is 0 Å². The zero-order valence-electron chi connectivity index (χ0n) is 12.2. The molecule has 1 fully saturated rings. The second kappa shape index (κ2) is 6.04. The van der Waals surface area contributed by atoms with Crippen molar-refractivity contribution in [2.45, 2.75) is 64.7 Å². The lowest BCUT2D eigenvalue weighted by molar-refractivity contribution is -0.116. The van der Waals surface area contributed by atoms with Crippen LogP contribution in [0.25, 0.3) is 0 Å². The van der Waals surface area contributed by atoms with E-state index in [0.29, 0.717) is 6.42 Å². The third-order valence-corrected chi connectivity index (χ3v) is 4.53. The predicted molar refractivity (Wildman–Crippen MR) is 80.6 cm³/mol. The maximum absolute atomic E-state index is 11.9. The first kappa shape index (κ1) is 14.5. The van der Waals surface area contributed by atoms with Gasteiger partial charge in [-0.15, -0.1) is 11.3 Å². The van der Waals surface area contributed by atoms with Crippen LogP contribution in [0.15, 0.2) is 5.38 Å². The van der Waals surface area contributed by atoms with E-state index >= 15 is 0 Å². The maximum Gasteiger partial charge on any atom is 0.226 e. The van der Waals surface area contributed by atoms with Crippen molar-refractivity contribution in [2.75, 3.05) is 5.32 Å². The van der Waals surface area contributed by atoms with Gasteiger partial charge in [0.1, 0.15) is 0 Å². The molecule has 1 aliphatic rings. The molecule has 1 N–H and O–H groups in total. The second-order valence-corrected chi connectivity index (χ2v) is 7.38. The Morgan fingerprint density at radius 2 is 2.11 bits per heavy atom. The largest absolute Gasteiger partial charge is 0.302 e. The van der Waals surface area contributed by atoms with Gasteiger partial charge >= 0.3 is 0 Å². The topological polar surface area (TPSA) is 42.0 Å². The van der Waals surface area contributed by atoms with Gasteiger partial charge in [0, 0.05) is 17.2 Å². The van der Waals surface area contributed by atoms with Crippen molar-refractivity contribution < 1.29 is 4.79 Å². The fourth-order valence-corrected chi connectivity index (χ4v) is 3.44. The molecule has 1 aliphatic carbocycles. The smallest absolute Gasteiger partial charge is 0.226 e. The van der Waals surface area contributed by atoms with Gasteiger partial charge in [-0.25, -0.2) is 4.98 Å². The minimum atomic E-state index is 0.0450. The molecular formula is C15H24N2OS. The molecule has 106 valence electrons. The number of nitrogens with one attached hydrogen (secondary N) is 1. The quantitative estimate of drug-likeness (QED) is 0.891. The summed E-state index contributed by atoms with van der Waals surface area (Å²) in [4.78, 5) is 16.4. The number of nitrogens with zero attached hydrogens (tertiary/aromatic N) is 1. The van der Waals surface area contributed by atoms with Crippen molar-refractivity contribution in [3.63, 3.8) is 0 Å². The Kier molecular flexibility index (Phi) is 4.61. The van der Waals surface area contributed by atoms with Crippen LogP contribution < -0.4 is 5.32 Å². The van der Waals surface area contributed by atoms with E-state index in [9.17, 15) is 4.79 Å². The summed E-state index contributed by atoms with van der Waals surface area (Å²) in [7, 11) is 0. The summed E-state index contributed by atoms with van der Waals surface area (Å²) in [5.74, 6) is 0.883. The molecule has 0 aliphatic heterocycles. The van der Waals surface area contributed by atoms with Crippen LogP contribution in [-0.2, 0) is 10.2 Å². The van der Waals surface area contributed by atoms with Gasteiger partial charge in [-0.05, 0) is 12.3 Å². The molecule has 1 aromatic rings. The molecule has 0 spiro atoms. The van der Waals surface area contributed by atoms with Crippen LogP contribution in [0.4, 0.5) is 5.13 Å². The number of rotatable bonds is 4. The summed E-state index contributed by atoms with van der Waals surface area (Å²) in [5.41, 5.74) is 1.09. The molecule has 1 heterocycles. The summed E-state index contributed by atoms with van der Waals surface area (Å²) in [5, 5.41) is 5.70. The summed E-state index contributed by atoms with van der Waals surface area (Å²) in [6.07, 6.45) is 6.96. The van der Waals surface area contributed by atoms with Crippen LogP contribution in [0.5, 0.6) is 0 Å². The van der Waals surface area contributed by atoms with Crippen LogP contribution in [-0.4, -0.2) is 10.9 Å². The van der Waals surface area contributed by atoms with Crippen molar-refractivity contribution in [1.82, 2.24) is 4.98 Å². The molecule has 4 heteroatoms. The predicted octanol–water partition coefficient (Wildman–Crippen LogP) is 4.35. The number of aromatic nitrogens is 1. The van der Waals surface area contributed by atoms with Crippen LogP contribution in [0.3, 0.4) is 0 Å². The number of anilines is 1. The Hall–Kier alpha value is -0.900. The van der Waals surface area contributed by atoms with Crippen LogP contribution >= 0.6 is 11.3 Å². The van der Waals surface area contributed by atoms with Gasteiger partial charge in [0.25, 0.3) is 0 Å². The van der Waals surface area contributed by atoms with Crippen molar-refractivity contribution in [1.29, 1.82) is 0 Å². The van der Waals surface area contributed by atoms with Gasteiger partial charge in [0.2, 0.25) is 5.91 Å². The monoisotopic (exact) mass is 280 g/mol. The number of hydrogen-bond donors (Lipinski definition) is 1. The molecule has 0 atom stereocenters. The Morgan fingerprint density at radius 3 is 2.68 bits per heavy atom. The normalized spacial score (nSPS) is 16.8. The summed E-state index contributed by atoms with van der Waals surface area (Å²) < 4.78 is 0. The molecule has 3 nitrogen and oxygen atoms in total. The van der Waals surface area contributed by atoms with Gasteiger partial charge in [0.05, 0.1) is 5.69 Å². The van der Waals surface area contributed by atoms with E-state index in [1.165, 1.54) is 37.0 Å². The van der Waals surface area contributed by atoms with Gasteiger partial charge < -0.3 is 5.32 Å². The lowest BCUT2D eigenvalue weighted by atomic mass is 9.93. The molecular weight excluding hydrogens is 256 g/mol. The number of carbonyl (C=O) groups is 1. The highest BCUT2D eigenvalue weighted by Crippen LogP contribution is 2.29. The molecule has 1 saturated carbocycles. The minimum Gasteiger partial charge on any atom is -0.302 e. The fraction of sp³-hybridized carbons (Fsp3) is 0.733. The fourth-order valence-electron chi connectivity index (χ4n) is 2.49. The Bertz CT molecular complexity index is 428. The van der Waals surface area contributed by atoms with Gasteiger partial charge in [0.15, 0.2) is 5.13 Å². The van der Waals surface area contributed by atoms with Crippen molar-refractivity contribution in [3.8, 4) is 0 Å². The van der Waals surface area contributed by atoms with Crippen LogP contribution in [0, 0.1) is 5.92 Å². The second-order valence-electron chi connectivity index (χ2n) is 6.53. The minimum absolute atomic E-state index is 0.0450. The van der Waals surface area contributed by atoms with Gasteiger partial charge in [-0.3, -0.25) is 4.79 Å². The summed E-state index contributed by atoms with van der Waals surface area (Å²) in [6.45, 7) is 6.40. The standard InChI is InChI=1S/C15H24N2OS/c1-15(2,3)12-10-19-14(16-12)17-13(18)9-8-11-6-4-5-7-11/h10-11H,4-9H2,1-3H3,(H,16,17,18). The van der Waals surface area contributed by atoms with Crippen LogP contribution in [0.1, 0.15) is 65.0 Å². The van der Waals surface area contributed by atoms with E-state index in [-0.39, 0.29) is 11.3 Å². The first-order chi connectivity index (χ1) is 8.95. The lowest BCUT2D eigenvalue weighted by Crippen LogP contribution is -2.14. The van der Waals surface area contributed by atoms with Gasteiger partial charge in [-0.1, -0.05) is 46.5 Å². The number of carbonyl (C=O) groups excluding carboxylic acids is 1. The van der Waals surface area contributed by atoms with E-state index in [0.717, 1.165) is 23.2 Å². The lowest BCUT2D eigenvalue weighted by Gasteiger charge is -2.14. The SMILES string of the molecule is CC(C)(C)c1csc(NC(=O)CCC2CCCC2)n1. The van der Waals surface area contributed by atoms with E-state index in [2.05, 4.69) is 31.1 Å². The first-order valence-corrected chi connectivity index (χ1v) is 8.09. The third kappa shape index (κ3) is 4.30. The molecule has 0 radical (unpaired) electrons. The average Bonchev–Trinajstić information content (AvgIpc) is 2.95. The van der Waals surface area contributed by atoms with Crippen molar-refractivity contribution in [3.05, 3.63) is 11.1 Å². The van der Waals surface area contributed by atoms with Crippen molar-refractivity contribution in [2.24, 2.45) is 5.92 Å². The first-order valence-electron chi connectivity index (χ1n) is 7.21. The van der Waals surface area contributed by atoms with Gasteiger partial charge in [-0.2, -0.15) is 0 Å². The molecule has 1 aromatic heterocycles.